The average Bonchev–Trinajstić information content (AvgIpc) is 2.68. The van der Waals surface area contributed by atoms with Crippen molar-refractivity contribution >= 4 is 19.8 Å². The Morgan fingerprint density at radius 3 is 2.38 bits per heavy atom. The monoisotopic (exact) mass is 421 g/mol. The molecule has 162 valence electrons. The van der Waals surface area contributed by atoms with Crippen LogP contribution in [0, 0.1) is 6.92 Å². The highest BCUT2D eigenvalue weighted by Gasteiger charge is 2.26. The van der Waals surface area contributed by atoms with Crippen LogP contribution in [0.4, 0.5) is 0 Å². The van der Waals surface area contributed by atoms with Gasteiger partial charge in [0.05, 0.1) is 28.0 Å². The van der Waals surface area contributed by atoms with Gasteiger partial charge in [-0.3, -0.25) is 0 Å². The number of hydrogen-bond acceptors (Lipinski definition) is 6. The highest BCUT2D eigenvalue weighted by molar-refractivity contribution is 6.78. The van der Waals surface area contributed by atoms with E-state index >= 15 is 0 Å². The van der Waals surface area contributed by atoms with Crippen molar-refractivity contribution in [3.63, 3.8) is 0 Å². The molecule has 1 rings (SSSR count). The first kappa shape index (κ1) is 24.8. The fraction of sp³-hybridized carbons (Fsp3) is 0.545. The molecule has 0 aromatic heterocycles. The zero-order valence-corrected chi connectivity index (χ0v) is 19.8. The molecule has 0 N–H and O–H groups in total. The molecule has 0 bridgehead atoms. The van der Waals surface area contributed by atoms with Crippen molar-refractivity contribution in [2.45, 2.75) is 59.2 Å². The zero-order chi connectivity index (χ0) is 21.9. The first-order valence-electron chi connectivity index (χ1n) is 10.1. The third-order valence-corrected chi connectivity index (χ3v) is 9.00. The normalized spacial score (nSPS) is 12.5. The van der Waals surface area contributed by atoms with Gasteiger partial charge in [0.1, 0.15) is 18.2 Å². The van der Waals surface area contributed by atoms with Crippen molar-refractivity contribution in [3.05, 3.63) is 41.3 Å². The van der Waals surface area contributed by atoms with Gasteiger partial charge in [0.15, 0.2) is 0 Å². The summed E-state index contributed by atoms with van der Waals surface area (Å²) in [6.45, 7) is 10.6. The number of hydrogen-bond donors (Lipinski definition) is 0. The lowest BCUT2D eigenvalue weighted by atomic mass is 10.1. The predicted molar refractivity (Wildman–Crippen MR) is 119 cm³/mol. The molecule has 6 nitrogen and oxygen atoms in total. The number of aryl methyl sites for hydroxylation is 1. The summed E-state index contributed by atoms with van der Waals surface area (Å²) < 4.78 is 15.4. The molecule has 0 aliphatic carbocycles. The minimum atomic E-state index is -1.41. The summed E-state index contributed by atoms with van der Waals surface area (Å²) in [6, 6.07) is 8.20. The maximum absolute atomic E-state index is 11.8. The maximum atomic E-state index is 11.8. The molecular weight excluding hydrogens is 386 g/mol. The lowest BCUT2D eigenvalue weighted by molar-refractivity contribution is -0.138. The van der Waals surface area contributed by atoms with Crippen LogP contribution in [0.25, 0.3) is 0 Å². The summed E-state index contributed by atoms with van der Waals surface area (Å²) in [7, 11) is 1.32. The van der Waals surface area contributed by atoms with Crippen molar-refractivity contribution in [1.29, 1.82) is 0 Å². The molecule has 7 heteroatoms. The van der Waals surface area contributed by atoms with Crippen LogP contribution < -0.4 is 4.74 Å². The van der Waals surface area contributed by atoms with Crippen molar-refractivity contribution in [3.8, 4) is 5.75 Å². The Bertz CT molecular complexity index is 724. The van der Waals surface area contributed by atoms with Crippen LogP contribution in [0.15, 0.2) is 35.4 Å². The fourth-order valence-electron chi connectivity index (χ4n) is 3.19. The summed E-state index contributed by atoms with van der Waals surface area (Å²) in [5, 5.41) is 4.35. The number of carbonyl (C=O) groups excluding carboxylic acids is 1. The molecule has 0 atom stereocenters. The molecule has 0 radical (unpaired) electrons. The lowest BCUT2D eigenvalue weighted by Crippen LogP contribution is -2.35. The van der Waals surface area contributed by atoms with Crippen LogP contribution in [-0.4, -0.2) is 40.2 Å². The Hall–Kier alpha value is -2.28. The van der Waals surface area contributed by atoms with Crippen LogP contribution in [-0.2, 0) is 19.1 Å². The number of oxime groups is 1. The smallest absolute Gasteiger partial charge is 0.377 e. The number of ether oxygens (including phenoxy) is 3. The van der Waals surface area contributed by atoms with Gasteiger partial charge in [-0.05, 0) is 25.5 Å². The van der Waals surface area contributed by atoms with Gasteiger partial charge in [-0.15, -0.1) is 0 Å². The number of rotatable bonds is 12. The van der Waals surface area contributed by atoms with E-state index in [1.54, 1.807) is 0 Å². The molecule has 0 fully saturated rings. The van der Waals surface area contributed by atoms with Crippen LogP contribution in [0.5, 0.6) is 5.75 Å². The Kier molecular flexibility index (Phi) is 10.5. The summed E-state index contributed by atoms with van der Waals surface area (Å²) >= 11 is 0. The zero-order valence-electron chi connectivity index (χ0n) is 18.8. The van der Waals surface area contributed by atoms with E-state index in [2.05, 4.69) is 25.6 Å². The molecule has 0 saturated heterocycles. The number of esters is 1. The van der Waals surface area contributed by atoms with Gasteiger partial charge in [0, 0.05) is 5.56 Å². The Morgan fingerprint density at radius 1 is 1.17 bits per heavy atom. The van der Waals surface area contributed by atoms with Crippen LogP contribution in [0.1, 0.15) is 44.7 Å². The first-order valence-corrected chi connectivity index (χ1v) is 13.2. The third kappa shape index (κ3) is 7.93. The third-order valence-electron chi connectivity index (χ3n) is 4.76. The van der Waals surface area contributed by atoms with E-state index in [0.717, 1.165) is 23.1 Å². The standard InChI is InChI=1S/C22H35NO5Si/c1-8-12-29(7,13-9-2)16-27-23-18(4)19-11-10-17(3)20(14-19)28-21(15-25-5)22(24)26-6/h10-11,14-15H,8-9,12-13,16H2,1-7H3. The quantitative estimate of drug-likeness (QED) is 0.116. The Balaban J connectivity index is 2.96. The Labute approximate surface area is 175 Å². The van der Waals surface area contributed by atoms with Gasteiger partial charge in [0.25, 0.3) is 0 Å². The van der Waals surface area contributed by atoms with Gasteiger partial charge < -0.3 is 19.0 Å². The molecule has 0 heterocycles. The molecule has 0 aliphatic rings. The Morgan fingerprint density at radius 2 is 1.83 bits per heavy atom. The largest absolute Gasteiger partial charge is 0.500 e. The minimum Gasteiger partial charge on any atom is -0.500 e. The van der Waals surface area contributed by atoms with Crippen LogP contribution in [0.3, 0.4) is 0 Å². The molecule has 1 aromatic carbocycles. The molecule has 0 spiro atoms. The highest BCUT2D eigenvalue weighted by Crippen LogP contribution is 2.24. The summed E-state index contributed by atoms with van der Waals surface area (Å²) in [5.74, 6) is -0.106. The van der Waals surface area contributed by atoms with Crippen molar-refractivity contribution < 1.29 is 23.8 Å². The summed E-state index contributed by atoms with van der Waals surface area (Å²) in [6.07, 6.45) is 4.31. The molecule has 0 aliphatic heterocycles. The van der Waals surface area contributed by atoms with Crippen molar-refractivity contribution in [2.24, 2.45) is 5.16 Å². The van der Waals surface area contributed by atoms with Gasteiger partial charge in [0.2, 0.25) is 5.76 Å². The van der Waals surface area contributed by atoms with Gasteiger partial charge >= 0.3 is 5.97 Å². The average molecular weight is 422 g/mol. The predicted octanol–water partition coefficient (Wildman–Crippen LogP) is 5.21. The molecule has 1 aromatic rings. The van der Waals surface area contributed by atoms with E-state index in [1.807, 2.05) is 32.0 Å². The van der Waals surface area contributed by atoms with Crippen LogP contribution in [0.2, 0.25) is 18.6 Å². The van der Waals surface area contributed by atoms with Gasteiger partial charge in [-0.1, -0.05) is 62.6 Å². The molecule has 0 saturated carbocycles. The fourth-order valence-corrected chi connectivity index (χ4v) is 6.52. The molecule has 0 amide bonds. The second-order valence-corrected chi connectivity index (χ2v) is 12.5. The number of methoxy groups -OCH3 is 2. The van der Waals surface area contributed by atoms with Gasteiger partial charge in [-0.25, -0.2) is 4.79 Å². The topological polar surface area (TPSA) is 66.3 Å². The van der Waals surface area contributed by atoms with E-state index in [9.17, 15) is 4.79 Å². The van der Waals surface area contributed by atoms with E-state index < -0.39 is 14.0 Å². The second kappa shape index (κ2) is 12.3. The second-order valence-electron chi connectivity index (χ2n) is 7.55. The van der Waals surface area contributed by atoms with E-state index in [4.69, 9.17) is 19.0 Å². The van der Waals surface area contributed by atoms with Gasteiger partial charge in [-0.2, -0.15) is 0 Å². The van der Waals surface area contributed by atoms with E-state index in [1.165, 1.54) is 45.4 Å². The van der Waals surface area contributed by atoms with E-state index in [-0.39, 0.29) is 5.76 Å². The minimum absolute atomic E-state index is 0.0259. The van der Waals surface area contributed by atoms with Crippen molar-refractivity contribution in [2.75, 3.05) is 20.4 Å². The van der Waals surface area contributed by atoms with Crippen LogP contribution >= 0.6 is 0 Å². The lowest BCUT2D eigenvalue weighted by Gasteiger charge is -2.24. The van der Waals surface area contributed by atoms with E-state index in [0.29, 0.717) is 5.75 Å². The van der Waals surface area contributed by atoms with Crippen molar-refractivity contribution in [1.82, 2.24) is 0 Å². The maximum Gasteiger partial charge on any atom is 0.377 e. The molecule has 0 unspecified atom stereocenters. The highest BCUT2D eigenvalue weighted by atomic mass is 28.3. The molecular formula is C22H35NO5Si. The molecule has 29 heavy (non-hydrogen) atoms. The SMILES string of the molecule is CCC[Si](C)(CCC)CON=C(C)c1ccc(C)c(OC(=COC)C(=O)OC)c1. The number of benzene rings is 1. The summed E-state index contributed by atoms with van der Waals surface area (Å²) in [4.78, 5) is 17.6. The number of carbonyl (C=O) groups is 1. The first-order chi connectivity index (χ1) is 13.8. The summed E-state index contributed by atoms with van der Waals surface area (Å²) in [5.41, 5.74) is 2.50. The number of nitrogens with zero attached hydrogens (tertiary/aromatic N) is 1.